The van der Waals surface area contributed by atoms with Gasteiger partial charge >= 0.3 is 51.4 Å². The number of methoxy groups -OCH3 is 4. The van der Waals surface area contributed by atoms with Crippen molar-refractivity contribution in [2.75, 3.05) is 40.8 Å². The van der Waals surface area contributed by atoms with E-state index in [2.05, 4.69) is 10.1 Å². The molecule has 0 amide bonds. The Hall–Kier alpha value is -1.93. The van der Waals surface area contributed by atoms with Crippen LogP contribution in [0, 0.1) is 0 Å². The van der Waals surface area contributed by atoms with Crippen LogP contribution in [0.15, 0.2) is 47.8 Å². The van der Waals surface area contributed by atoms with Gasteiger partial charge in [-0.05, 0) is 48.2 Å². The van der Waals surface area contributed by atoms with Crippen LogP contribution in [0.3, 0.4) is 0 Å². The molecule has 0 radical (unpaired) electrons. The van der Waals surface area contributed by atoms with E-state index in [0.29, 0.717) is 40.0 Å². The van der Waals surface area contributed by atoms with Crippen molar-refractivity contribution in [3.05, 3.63) is 53.9 Å². The maximum absolute atomic E-state index is 10.9. The summed E-state index contributed by atoms with van der Waals surface area (Å²) in [6.45, 7) is -0.0693. The largest absolute Gasteiger partial charge is 1.00 e. The van der Waals surface area contributed by atoms with Crippen LogP contribution in [-0.2, 0) is 15.0 Å². The summed E-state index contributed by atoms with van der Waals surface area (Å²) < 4.78 is 54.2. The number of hydrogen-bond acceptors (Lipinski definition) is 10. The van der Waals surface area contributed by atoms with E-state index in [1.165, 1.54) is 21.3 Å². The molecule has 0 aliphatic rings. The summed E-state index contributed by atoms with van der Waals surface area (Å²) in [7, 11) is 1.81. The number of nitrogens with zero attached hydrogens (tertiary/aromatic N) is 2. The minimum atomic E-state index is -4.34. The summed E-state index contributed by atoms with van der Waals surface area (Å²) in [6, 6.07) is 10.7. The first-order valence-corrected chi connectivity index (χ1v) is 11.8. The van der Waals surface area contributed by atoms with Crippen LogP contribution in [0.1, 0.15) is 17.7 Å². The maximum atomic E-state index is 10.9. The minimum absolute atomic E-state index is 0. The monoisotopic (exact) mass is 528 g/mol. The smallest absolute Gasteiger partial charge is 0.748 e. The molecule has 0 N–H and O–H groups in total. The van der Waals surface area contributed by atoms with E-state index in [4.69, 9.17) is 23.8 Å². The topological polar surface area (TPSA) is 129 Å². The van der Waals surface area contributed by atoms with Gasteiger partial charge in [0, 0.05) is 22.9 Å². The molecule has 0 spiro atoms. The number of pyridine rings is 1. The normalized spacial score (nSPS) is 11.5. The maximum Gasteiger partial charge on any atom is 1.00 e. The standard InChI is InChI=1S/C23H26N2O8S.K/c1-29-18-7-6-16(13-19(18)30-2)22(25-33-10-5-11-34(26,27)28)23-17-14-21(32-4)20(31-3)12-15(17)8-9-24-23;/h6-9,12-14H,5,10-11H2,1-4H3,(H,26,27,28);/q;+1/p-1/b25-22-;. The number of benzene rings is 2. The molecular formula is C23H25KN2O8S. The molecule has 0 saturated heterocycles. The predicted molar refractivity (Wildman–Crippen MR) is 125 cm³/mol. The average molecular weight is 529 g/mol. The van der Waals surface area contributed by atoms with Gasteiger partial charge in [0.1, 0.15) is 18.0 Å². The quantitative estimate of drug-likeness (QED) is 0.111. The number of rotatable bonds is 11. The molecule has 0 aliphatic heterocycles. The zero-order valence-corrected chi connectivity index (χ0v) is 24.2. The van der Waals surface area contributed by atoms with Crippen molar-refractivity contribution in [1.82, 2.24) is 4.98 Å². The van der Waals surface area contributed by atoms with Crippen LogP contribution < -0.4 is 70.3 Å². The number of aromatic nitrogens is 1. The molecule has 1 aromatic heterocycles. The fraction of sp³-hybridized carbons (Fsp3) is 0.304. The third-order valence-electron chi connectivity index (χ3n) is 4.94. The summed E-state index contributed by atoms with van der Waals surface area (Å²) in [5.41, 5.74) is 1.47. The molecule has 0 aliphatic carbocycles. The van der Waals surface area contributed by atoms with E-state index < -0.39 is 15.9 Å². The summed E-state index contributed by atoms with van der Waals surface area (Å²) >= 11 is 0. The van der Waals surface area contributed by atoms with Crippen molar-refractivity contribution >= 4 is 26.6 Å². The Labute approximate surface area is 246 Å². The van der Waals surface area contributed by atoms with Gasteiger partial charge in [0.25, 0.3) is 0 Å². The fourth-order valence-electron chi connectivity index (χ4n) is 3.31. The first kappa shape index (κ1) is 29.3. The van der Waals surface area contributed by atoms with Crippen molar-refractivity contribution in [3.8, 4) is 23.0 Å². The van der Waals surface area contributed by atoms with Gasteiger partial charge in [-0.15, -0.1) is 0 Å². The van der Waals surface area contributed by atoms with Crippen molar-refractivity contribution < 1.29 is 88.1 Å². The van der Waals surface area contributed by atoms with Crippen LogP contribution in [0.2, 0.25) is 0 Å². The molecular weight excluding hydrogens is 503 g/mol. The molecule has 1 heterocycles. The number of hydrogen-bond donors (Lipinski definition) is 0. The molecule has 0 unspecified atom stereocenters. The molecule has 35 heavy (non-hydrogen) atoms. The molecule has 3 rings (SSSR count). The number of ether oxygens (including phenoxy) is 4. The van der Waals surface area contributed by atoms with Gasteiger partial charge in [0.2, 0.25) is 0 Å². The van der Waals surface area contributed by atoms with Gasteiger partial charge in [0.05, 0.1) is 38.6 Å². The third-order valence-corrected chi connectivity index (χ3v) is 5.72. The van der Waals surface area contributed by atoms with E-state index in [-0.39, 0.29) is 64.4 Å². The van der Waals surface area contributed by atoms with Crippen molar-refractivity contribution in [2.45, 2.75) is 6.42 Å². The van der Waals surface area contributed by atoms with Crippen molar-refractivity contribution in [2.24, 2.45) is 5.16 Å². The van der Waals surface area contributed by atoms with Crippen LogP contribution in [-0.4, -0.2) is 64.5 Å². The Bertz CT molecular complexity index is 1300. The van der Waals surface area contributed by atoms with E-state index >= 15 is 0 Å². The Morgan fingerprint density at radius 3 is 2.17 bits per heavy atom. The van der Waals surface area contributed by atoms with Crippen molar-refractivity contribution in [1.29, 1.82) is 0 Å². The molecule has 0 bridgehead atoms. The van der Waals surface area contributed by atoms with E-state index in [9.17, 15) is 13.0 Å². The molecule has 3 aromatic rings. The second-order valence-electron chi connectivity index (χ2n) is 7.05. The van der Waals surface area contributed by atoms with E-state index in [1.54, 1.807) is 37.6 Å². The Balaban J connectivity index is 0.00000432. The van der Waals surface area contributed by atoms with Gasteiger partial charge in [-0.25, -0.2) is 8.42 Å². The Morgan fingerprint density at radius 1 is 0.914 bits per heavy atom. The summed E-state index contributed by atoms with van der Waals surface area (Å²) in [5.74, 6) is 1.54. The van der Waals surface area contributed by atoms with Gasteiger partial charge < -0.3 is 28.3 Å². The van der Waals surface area contributed by atoms with Crippen LogP contribution in [0.25, 0.3) is 10.8 Å². The molecule has 0 fully saturated rings. The summed E-state index contributed by atoms with van der Waals surface area (Å²) in [5, 5.41) is 5.80. The SMILES string of the molecule is COc1ccc(/C(=N/OCCCS(=O)(=O)[O-])c2nccc3cc(OC)c(OC)cc23)cc1OC.[K+]. The second kappa shape index (κ2) is 13.4. The minimum Gasteiger partial charge on any atom is -0.748 e. The summed E-state index contributed by atoms with van der Waals surface area (Å²) in [6.07, 6.45) is 1.63. The summed E-state index contributed by atoms with van der Waals surface area (Å²) in [4.78, 5) is 9.92. The zero-order valence-electron chi connectivity index (χ0n) is 20.2. The van der Waals surface area contributed by atoms with Gasteiger partial charge in [-0.3, -0.25) is 4.98 Å². The van der Waals surface area contributed by atoms with Gasteiger partial charge in [-0.1, -0.05) is 5.16 Å². The van der Waals surface area contributed by atoms with Crippen molar-refractivity contribution in [3.63, 3.8) is 0 Å². The second-order valence-corrected chi connectivity index (χ2v) is 8.57. The molecule has 12 heteroatoms. The zero-order chi connectivity index (χ0) is 24.7. The van der Waals surface area contributed by atoms with Crippen LogP contribution in [0.5, 0.6) is 23.0 Å². The van der Waals surface area contributed by atoms with Crippen LogP contribution in [0.4, 0.5) is 0 Å². The molecule has 2 aromatic carbocycles. The fourth-order valence-corrected chi connectivity index (χ4v) is 3.79. The molecule has 10 nitrogen and oxygen atoms in total. The van der Waals surface area contributed by atoms with Gasteiger partial charge in [0.15, 0.2) is 23.0 Å². The predicted octanol–water partition coefficient (Wildman–Crippen LogP) is -0.0225. The number of fused-ring (bicyclic) bond motifs is 1. The molecule has 0 atom stereocenters. The average Bonchev–Trinajstić information content (AvgIpc) is 2.84. The van der Waals surface area contributed by atoms with E-state index in [0.717, 1.165) is 10.8 Å². The third kappa shape index (κ3) is 7.52. The first-order chi connectivity index (χ1) is 16.3. The molecule has 182 valence electrons. The van der Waals surface area contributed by atoms with E-state index in [1.807, 2.05) is 12.1 Å². The Morgan fingerprint density at radius 2 is 1.54 bits per heavy atom. The molecule has 0 saturated carbocycles. The van der Waals surface area contributed by atoms with Gasteiger partial charge in [-0.2, -0.15) is 0 Å². The van der Waals surface area contributed by atoms with Crippen LogP contribution >= 0.6 is 0 Å². The number of oxime groups is 1. The Kier molecular flexibility index (Phi) is 11.2. The first-order valence-electron chi connectivity index (χ1n) is 10.2.